The van der Waals surface area contributed by atoms with Gasteiger partial charge in [-0.15, -0.1) is 0 Å². The van der Waals surface area contributed by atoms with Gasteiger partial charge in [0.25, 0.3) is 0 Å². The fourth-order valence-electron chi connectivity index (χ4n) is 9.23. The quantitative estimate of drug-likeness (QED) is 0.141. The Morgan fingerprint density at radius 3 is 1.50 bits per heavy atom. The molecule has 0 saturated carbocycles. The van der Waals surface area contributed by atoms with Crippen LogP contribution in [0.25, 0.3) is 83.6 Å². The maximum absolute atomic E-state index is 10.6. The summed E-state index contributed by atoms with van der Waals surface area (Å²) in [6.07, 6.45) is 0. The van der Waals surface area contributed by atoms with Crippen molar-refractivity contribution in [2.75, 3.05) is 4.90 Å². The molecule has 0 radical (unpaired) electrons. The molecular weight excluding hydrogens is 857 g/mol. The zero-order valence-corrected chi connectivity index (χ0v) is 37.4. The lowest BCUT2D eigenvalue weighted by atomic mass is 9.92. The molecule has 0 saturated heterocycles. The largest absolute Gasteiger partial charge is 0.310 e. The predicted octanol–water partition coefficient (Wildman–Crippen LogP) is 14.9. The lowest BCUT2D eigenvalue weighted by Crippen LogP contribution is -2.09. The molecule has 0 spiro atoms. The molecule has 0 amide bonds. The van der Waals surface area contributed by atoms with E-state index in [9.17, 15) is 21.0 Å². The topological polar surface area (TPSA) is 129 Å². The molecule has 324 valence electrons. The van der Waals surface area contributed by atoms with Crippen molar-refractivity contribution in [2.24, 2.45) is 0 Å². The first-order chi connectivity index (χ1) is 34.5. The zero-order valence-electron chi connectivity index (χ0n) is 37.4. The second-order valence-electron chi connectivity index (χ2n) is 16.7. The second kappa shape index (κ2) is 18.1. The summed E-state index contributed by atoms with van der Waals surface area (Å²) in [5.41, 5.74) is 14.1. The zero-order chi connectivity index (χ0) is 47.6. The van der Waals surface area contributed by atoms with Crippen LogP contribution in [0, 0.1) is 45.3 Å². The molecule has 0 aliphatic rings. The van der Waals surface area contributed by atoms with Crippen molar-refractivity contribution < 1.29 is 0 Å². The van der Waals surface area contributed by atoms with Crippen molar-refractivity contribution in [1.29, 1.82) is 21.0 Å². The third kappa shape index (κ3) is 7.83. The molecule has 0 atom stereocenters. The van der Waals surface area contributed by atoms with Gasteiger partial charge in [-0.25, -0.2) is 9.97 Å². The molecule has 0 unspecified atom stereocenters. The van der Waals surface area contributed by atoms with Crippen LogP contribution in [0.1, 0.15) is 22.3 Å². The van der Waals surface area contributed by atoms with Crippen molar-refractivity contribution in [3.8, 4) is 86.1 Å². The van der Waals surface area contributed by atoms with E-state index in [4.69, 9.17) is 9.97 Å². The molecular formula is C62H36N8. The van der Waals surface area contributed by atoms with Gasteiger partial charge < -0.3 is 9.47 Å². The van der Waals surface area contributed by atoms with E-state index in [-0.39, 0.29) is 11.1 Å². The van der Waals surface area contributed by atoms with E-state index in [1.54, 1.807) is 60.7 Å². The standard InChI is InChI=1S/C62H36N8/c63-37-41-11-9-13-46(31-41)57-36-58(68-62(67-57)47-14-10-12-42(32-47)38-64)61-49(39-65)33-48(34-50(61)40-66)45-23-21-43(22-24-45)44-25-27-53(28-26-44)70-59-20-8-7-19-55(59)56-35-54(29-30-60(56)70)69(51-15-3-1-4-16-51)52-17-5-2-6-18-52/h1-36H. The maximum atomic E-state index is 10.6. The molecule has 0 aliphatic carbocycles. The molecule has 70 heavy (non-hydrogen) atoms. The van der Waals surface area contributed by atoms with Gasteiger partial charge in [-0.05, 0) is 125 Å². The monoisotopic (exact) mass is 892 g/mol. The normalized spacial score (nSPS) is 10.8. The summed E-state index contributed by atoms with van der Waals surface area (Å²) in [6, 6.07) is 81.1. The van der Waals surface area contributed by atoms with Gasteiger partial charge in [-0.1, -0.05) is 115 Å². The molecule has 2 heterocycles. The Bertz CT molecular complexity index is 3830. The lowest BCUT2D eigenvalue weighted by Gasteiger charge is -2.25. The van der Waals surface area contributed by atoms with Gasteiger partial charge in [0.1, 0.15) is 0 Å². The van der Waals surface area contributed by atoms with Crippen molar-refractivity contribution in [2.45, 2.75) is 0 Å². The van der Waals surface area contributed by atoms with E-state index in [2.05, 4.69) is 161 Å². The van der Waals surface area contributed by atoms with Crippen molar-refractivity contribution in [3.63, 3.8) is 0 Å². The molecule has 0 fully saturated rings. The highest BCUT2D eigenvalue weighted by Gasteiger charge is 2.21. The Labute approximate surface area is 404 Å². The number of hydrogen-bond donors (Lipinski definition) is 0. The summed E-state index contributed by atoms with van der Waals surface area (Å²) in [5, 5.41) is 42.9. The van der Waals surface area contributed by atoms with Gasteiger partial charge in [0.2, 0.25) is 0 Å². The molecule has 2 aromatic heterocycles. The van der Waals surface area contributed by atoms with Gasteiger partial charge in [0, 0.05) is 50.2 Å². The molecule has 8 heteroatoms. The highest BCUT2D eigenvalue weighted by molar-refractivity contribution is 6.10. The Kier molecular flexibility index (Phi) is 10.9. The van der Waals surface area contributed by atoms with Crippen LogP contribution in [0.5, 0.6) is 0 Å². The van der Waals surface area contributed by atoms with Crippen LogP contribution in [-0.4, -0.2) is 14.5 Å². The average Bonchev–Trinajstić information content (AvgIpc) is 3.77. The van der Waals surface area contributed by atoms with Crippen molar-refractivity contribution >= 4 is 38.9 Å². The summed E-state index contributed by atoms with van der Waals surface area (Å²) < 4.78 is 2.32. The number of hydrogen-bond acceptors (Lipinski definition) is 7. The highest BCUT2D eigenvalue weighted by Crippen LogP contribution is 2.41. The molecule has 0 bridgehead atoms. The van der Waals surface area contributed by atoms with Crippen molar-refractivity contribution in [3.05, 3.63) is 241 Å². The first-order valence-corrected chi connectivity index (χ1v) is 22.5. The average molecular weight is 893 g/mol. The van der Waals surface area contributed by atoms with E-state index < -0.39 is 0 Å². The minimum atomic E-state index is 0.270. The number of fused-ring (bicyclic) bond motifs is 3. The number of para-hydroxylation sites is 3. The molecule has 0 aliphatic heterocycles. The van der Waals surface area contributed by atoms with Gasteiger partial charge in [-0.2, -0.15) is 21.0 Å². The van der Waals surface area contributed by atoms with Crippen LogP contribution >= 0.6 is 0 Å². The summed E-state index contributed by atoms with van der Waals surface area (Å²) >= 11 is 0. The van der Waals surface area contributed by atoms with Crippen LogP contribution in [0.15, 0.2) is 218 Å². The van der Waals surface area contributed by atoms with Gasteiger partial charge in [0.05, 0.1) is 69.0 Å². The van der Waals surface area contributed by atoms with E-state index in [1.165, 1.54) is 5.39 Å². The Balaban J connectivity index is 0.921. The molecule has 8 nitrogen and oxygen atoms in total. The number of rotatable bonds is 9. The summed E-state index contributed by atoms with van der Waals surface area (Å²) in [6.45, 7) is 0. The first-order valence-electron chi connectivity index (χ1n) is 22.5. The second-order valence-corrected chi connectivity index (χ2v) is 16.7. The number of aromatic nitrogens is 3. The third-order valence-electron chi connectivity index (χ3n) is 12.5. The van der Waals surface area contributed by atoms with E-state index >= 15 is 0 Å². The number of anilines is 3. The third-order valence-corrected chi connectivity index (χ3v) is 12.5. The fraction of sp³-hybridized carbons (Fsp3) is 0. The molecule has 11 aromatic rings. The number of nitriles is 4. The first kappa shape index (κ1) is 42.3. The van der Waals surface area contributed by atoms with E-state index in [1.807, 2.05) is 30.3 Å². The highest BCUT2D eigenvalue weighted by atomic mass is 15.1. The number of benzene rings is 9. The van der Waals surface area contributed by atoms with Crippen LogP contribution in [0.2, 0.25) is 0 Å². The van der Waals surface area contributed by atoms with Crippen LogP contribution < -0.4 is 4.90 Å². The summed E-state index contributed by atoms with van der Waals surface area (Å²) in [4.78, 5) is 12.0. The van der Waals surface area contributed by atoms with Gasteiger partial charge in [0.15, 0.2) is 5.82 Å². The Hall–Kier alpha value is -10.4. The lowest BCUT2D eigenvalue weighted by molar-refractivity contribution is 1.18. The SMILES string of the molecule is N#Cc1cccc(-c2cc(-c3c(C#N)cc(-c4ccc(-c5ccc(-n6c7ccccc7c7cc(N(c8ccccc8)c8ccccc8)ccc76)cc5)cc4)cc3C#N)nc(-c3cccc(C#N)c3)n2)c1. The van der Waals surface area contributed by atoms with Crippen LogP contribution in [0.3, 0.4) is 0 Å². The fourth-order valence-corrected chi connectivity index (χ4v) is 9.23. The van der Waals surface area contributed by atoms with Gasteiger partial charge >= 0.3 is 0 Å². The molecule has 11 rings (SSSR count). The molecule has 0 N–H and O–H groups in total. The minimum Gasteiger partial charge on any atom is -0.310 e. The Morgan fingerprint density at radius 1 is 0.357 bits per heavy atom. The van der Waals surface area contributed by atoms with Crippen molar-refractivity contribution in [1.82, 2.24) is 14.5 Å². The van der Waals surface area contributed by atoms with Crippen LogP contribution in [-0.2, 0) is 0 Å². The maximum Gasteiger partial charge on any atom is 0.160 e. The number of nitrogens with zero attached hydrogens (tertiary/aromatic N) is 8. The Morgan fingerprint density at radius 2 is 0.886 bits per heavy atom. The predicted molar refractivity (Wildman–Crippen MR) is 277 cm³/mol. The van der Waals surface area contributed by atoms with Crippen LogP contribution in [0.4, 0.5) is 17.1 Å². The molecule has 9 aromatic carbocycles. The van der Waals surface area contributed by atoms with E-state index in [0.717, 1.165) is 55.9 Å². The minimum absolute atomic E-state index is 0.270. The smallest absolute Gasteiger partial charge is 0.160 e. The summed E-state index contributed by atoms with van der Waals surface area (Å²) in [7, 11) is 0. The van der Waals surface area contributed by atoms with Gasteiger partial charge in [-0.3, -0.25) is 0 Å². The van der Waals surface area contributed by atoms with E-state index in [0.29, 0.717) is 50.6 Å². The summed E-state index contributed by atoms with van der Waals surface area (Å²) in [5.74, 6) is 0.311.